The van der Waals surface area contributed by atoms with Gasteiger partial charge in [0.1, 0.15) is 0 Å². The molecular formula is C22H23N3O2. The zero-order chi connectivity index (χ0) is 19.4. The zero-order valence-corrected chi connectivity index (χ0v) is 15.8. The van der Waals surface area contributed by atoms with E-state index in [1.807, 2.05) is 62.4 Å². The monoisotopic (exact) mass is 361 g/mol. The molecule has 138 valence electrons. The molecule has 0 radical (unpaired) electrons. The van der Waals surface area contributed by atoms with E-state index >= 15 is 0 Å². The molecule has 3 aromatic rings. The van der Waals surface area contributed by atoms with Crippen molar-refractivity contribution in [3.8, 4) is 0 Å². The summed E-state index contributed by atoms with van der Waals surface area (Å²) in [5.74, 6) is -0.144. The molecule has 3 rings (SSSR count). The van der Waals surface area contributed by atoms with Crippen LogP contribution in [0.1, 0.15) is 29.3 Å². The van der Waals surface area contributed by atoms with Crippen molar-refractivity contribution >= 4 is 28.4 Å². The van der Waals surface area contributed by atoms with Gasteiger partial charge in [0.15, 0.2) is 0 Å². The summed E-state index contributed by atoms with van der Waals surface area (Å²) in [6.07, 6.45) is 0.305. The Balaban J connectivity index is 1.66. The first-order valence-electron chi connectivity index (χ1n) is 8.92. The number of anilines is 1. The lowest BCUT2D eigenvalue weighted by molar-refractivity contribution is -0.120. The predicted molar refractivity (Wildman–Crippen MR) is 108 cm³/mol. The minimum atomic E-state index is -0.106. The summed E-state index contributed by atoms with van der Waals surface area (Å²) in [6, 6.07) is 15.4. The maximum Gasteiger partial charge on any atom is 0.224 e. The van der Waals surface area contributed by atoms with E-state index in [4.69, 9.17) is 0 Å². The van der Waals surface area contributed by atoms with E-state index in [2.05, 4.69) is 15.6 Å². The van der Waals surface area contributed by atoms with Crippen LogP contribution in [0.5, 0.6) is 0 Å². The Bertz CT molecular complexity index is 994. The molecule has 27 heavy (non-hydrogen) atoms. The highest BCUT2D eigenvalue weighted by molar-refractivity contribution is 5.88. The van der Waals surface area contributed by atoms with E-state index in [0.29, 0.717) is 13.0 Å². The number of amides is 2. The molecule has 2 amide bonds. The molecular weight excluding hydrogens is 338 g/mol. The van der Waals surface area contributed by atoms with Gasteiger partial charge in [0.05, 0.1) is 11.9 Å². The fourth-order valence-corrected chi connectivity index (χ4v) is 3.16. The standard InChI is InChI=1S/C22H23N3O2/c1-14-19-6-4-5-7-21(19)24-15(2)20(14)12-22(27)23-13-17-8-10-18(11-9-17)25-16(3)26/h4-11H,12-13H2,1-3H3,(H,23,27)(H,25,26). The number of para-hydroxylation sites is 1. The largest absolute Gasteiger partial charge is 0.352 e. The van der Waals surface area contributed by atoms with E-state index < -0.39 is 0 Å². The molecule has 2 aromatic carbocycles. The van der Waals surface area contributed by atoms with Crippen LogP contribution in [0.4, 0.5) is 5.69 Å². The van der Waals surface area contributed by atoms with Crippen molar-refractivity contribution in [2.75, 3.05) is 5.32 Å². The summed E-state index contributed by atoms with van der Waals surface area (Å²) in [5.41, 5.74) is 5.64. The summed E-state index contributed by atoms with van der Waals surface area (Å²) in [7, 11) is 0. The molecule has 0 aliphatic heterocycles. The van der Waals surface area contributed by atoms with Gasteiger partial charge in [0.25, 0.3) is 0 Å². The Kier molecular flexibility index (Phi) is 5.50. The highest BCUT2D eigenvalue weighted by Gasteiger charge is 2.12. The van der Waals surface area contributed by atoms with Crippen LogP contribution in [-0.4, -0.2) is 16.8 Å². The Hall–Kier alpha value is -3.21. The quantitative estimate of drug-likeness (QED) is 0.728. The first-order valence-corrected chi connectivity index (χ1v) is 8.92. The topological polar surface area (TPSA) is 71.1 Å². The van der Waals surface area contributed by atoms with Gasteiger partial charge in [-0.25, -0.2) is 0 Å². The molecule has 0 saturated carbocycles. The van der Waals surface area contributed by atoms with E-state index in [9.17, 15) is 9.59 Å². The second kappa shape index (κ2) is 7.99. The maximum atomic E-state index is 12.4. The van der Waals surface area contributed by atoms with Crippen LogP contribution in [0, 0.1) is 13.8 Å². The molecule has 0 unspecified atom stereocenters. The molecule has 2 N–H and O–H groups in total. The third-order valence-electron chi connectivity index (χ3n) is 4.59. The van der Waals surface area contributed by atoms with Gasteiger partial charge in [-0.05, 0) is 48.7 Å². The highest BCUT2D eigenvalue weighted by atomic mass is 16.2. The van der Waals surface area contributed by atoms with Crippen molar-refractivity contribution in [3.63, 3.8) is 0 Å². The van der Waals surface area contributed by atoms with Gasteiger partial charge < -0.3 is 10.6 Å². The SMILES string of the molecule is CC(=O)Nc1ccc(CNC(=O)Cc2c(C)nc3ccccc3c2C)cc1. The van der Waals surface area contributed by atoms with E-state index in [0.717, 1.165) is 39.0 Å². The lowest BCUT2D eigenvalue weighted by Gasteiger charge is -2.13. The van der Waals surface area contributed by atoms with Crippen molar-refractivity contribution in [2.24, 2.45) is 0 Å². The first-order chi connectivity index (χ1) is 12.9. The van der Waals surface area contributed by atoms with Crippen molar-refractivity contribution in [1.82, 2.24) is 10.3 Å². The number of rotatable bonds is 5. The van der Waals surface area contributed by atoms with Gasteiger partial charge in [-0.1, -0.05) is 30.3 Å². The molecule has 5 nitrogen and oxygen atoms in total. The van der Waals surface area contributed by atoms with Gasteiger partial charge in [0.2, 0.25) is 11.8 Å². The minimum Gasteiger partial charge on any atom is -0.352 e. The molecule has 0 aliphatic carbocycles. The number of nitrogens with one attached hydrogen (secondary N) is 2. The van der Waals surface area contributed by atoms with Crippen molar-refractivity contribution in [1.29, 1.82) is 0 Å². The smallest absolute Gasteiger partial charge is 0.224 e. The summed E-state index contributed by atoms with van der Waals surface area (Å²) in [4.78, 5) is 28.1. The summed E-state index contributed by atoms with van der Waals surface area (Å²) in [6.45, 7) is 5.90. The van der Waals surface area contributed by atoms with Crippen LogP contribution in [-0.2, 0) is 22.6 Å². The molecule has 1 heterocycles. The lowest BCUT2D eigenvalue weighted by Crippen LogP contribution is -2.25. The number of hydrogen-bond donors (Lipinski definition) is 2. The zero-order valence-electron chi connectivity index (χ0n) is 15.8. The van der Waals surface area contributed by atoms with Gasteiger partial charge in [-0.3, -0.25) is 14.6 Å². The summed E-state index contributed by atoms with van der Waals surface area (Å²) in [5, 5.41) is 6.76. The molecule has 0 fully saturated rings. The van der Waals surface area contributed by atoms with Crippen molar-refractivity contribution < 1.29 is 9.59 Å². The van der Waals surface area contributed by atoms with Crippen LogP contribution in [0.25, 0.3) is 10.9 Å². The third-order valence-corrected chi connectivity index (χ3v) is 4.59. The average molecular weight is 361 g/mol. The van der Waals surface area contributed by atoms with Crippen molar-refractivity contribution in [3.05, 3.63) is 70.9 Å². The molecule has 0 aliphatic rings. The number of hydrogen-bond acceptors (Lipinski definition) is 3. The van der Waals surface area contributed by atoms with E-state index in [-0.39, 0.29) is 11.8 Å². The average Bonchev–Trinajstić information content (AvgIpc) is 2.64. The molecule has 0 spiro atoms. The highest BCUT2D eigenvalue weighted by Crippen LogP contribution is 2.22. The van der Waals surface area contributed by atoms with Crippen LogP contribution in [0.15, 0.2) is 48.5 Å². The van der Waals surface area contributed by atoms with Crippen LogP contribution < -0.4 is 10.6 Å². The molecule has 0 bridgehead atoms. The normalized spacial score (nSPS) is 10.6. The van der Waals surface area contributed by atoms with Gasteiger partial charge >= 0.3 is 0 Å². The Morgan fingerprint density at radius 2 is 1.70 bits per heavy atom. The molecule has 5 heteroatoms. The number of fused-ring (bicyclic) bond motifs is 1. The van der Waals surface area contributed by atoms with Crippen LogP contribution in [0.3, 0.4) is 0 Å². The molecule has 0 atom stereocenters. The fourth-order valence-electron chi connectivity index (χ4n) is 3.16. The van der Waals surface area contributed by atoms with Crippen LogP contribution in [0.2, 0.25) is 0 Å². The number of pyridine rings is 1. The fraction of sp³-hybridized carbons (Fsp3) is 0.227. The predicted octanol–water partition coefficient (Wildman–Crippen LogP) is 3.67. The number of carbonyl (C=O) groups excluding carboxylic acids is 2. The number of benzene rings is 2. The van der Waals surface area contributed by atoms with E-state index in [1.165, 1.54) is 6.92 Å². The molecule has 0 saturated heterocycles. The Morgan fingerprint density at radius 3 is 2.41 bits per heavy atom. The van der Waals surface area contributed by atoms with Gasteiger partial charge in [0, 0.05) is 30.2 Å². The number of nitrogens with zero attached hydrogens (tertiary/aromatic N) is 1. The minimum absolute atomic E-state index is 0.0378. The molecule has 1 aromatic heterocycles. The number of aryl methyl sites for hydroxylation is 2. The third kappa shape index (κ3) is 4.50. The second-order valence-electron chi connectivity index (χ2n) is 6.65. The second-order valence-corrected chi connectivity index (χ2v) is 6.65. The van der Waals surface area contributed by atoms with E-state index in [1.54, 1.807) is 0 Å². The maximum absolute atomic E-state index is 12.4. The summed E-state index contributed by atoms with van der Waals surface area (Å²) >= 11 is 0. The summed E-state index contributed by atoms with van der Waals surface area (Å²) < 4.78 is 0. The van der Waals surface area contributed by atoms with Crippen LogP contribution >= 0.6 is 0 Å². The lowest BCUT2D eigenvalue weighted by atomic mass is 9.99. The Morgan fingerprint density at radius 1 is 1.00 bits per heavy atom. The van der Waals surface area contributed by atoms with Gasteiger partial charge in [-0.2, -0.15) is 0 Å². The number of carbonyl (C=O) groups is 2. The Labute approximate surface area is 158 Å². The first kappa shape index (κ1) is 18.6. The van der Waals surface area contributed by atoms with Crippen molar-refractivity contribution in [2.45, 2.75) is 33.7 Å². The van der Waals surface area contributed by atoms with Gasteiger partial charge in [-0.15, -0.1) is 0 Å². The number of aromatic nitrogens is 1.